The smallest absolute Gasteiger partial charge is 0.262 e. The second-order valence-corrected chi connectivity index (χ2v) is 6.15. The number of hydrogen-bond donors (Lipinski definition) is 1. The van der Waals surface area contributed by atoms with Crippen molar-refractivity contribution >= 4 is 23.5 Å². The Kier molecular flexibility index (Phi) is 4.25. The van der Waals surface area contributed by atoms with Gasteiger partial charge < -0.3 is 5.32 Å². The van der Waals surface area contributed by atoms with Gasteiger partial charge in [0.2, 0.25) is 5.91 Å². The summed E-state index contributed by atoms with van der Waals surface area (Å²) < 4.78 is 1.65. The molecule has 0 aliphatic carbocycles. The van der Waals surface area contributed by atoms with Crippen LogP contribution in [0.3, 0.4) is 0 Å². The summed E-state index contributed by atoms with van der Waals surface area (Å²) in [5, 5.41) is 6.93. The number of benzene rings is 2. The first-order valence-corrected chi connectivity index (χ1v) is 8.44. The molecule has 0 bridgehead atoms. The molecule has 0 fully saturated rings. The summed E-state index contributed by atoms with van der Waals surface area (Å²) in [5.74, 6) is -0.869. The van der Waals surface area contributed by atoms with Crippen molar-refractivity contribution in [3.63, 3.8) is 0 Å². The highest BCUT2D eigenvalue weighted by molar-refractivity contribution is 6.22. The molecular weight excluding hydrogens is 344 g/mol. The van der Waals surface area contributed by atoms with Crippen LogP contribution in [-0.4, -0.2) is 38.9 Å². The lowest BCUT2D eigenvalue weighted by Crippen LogP contribution is -2.37. The van der Waals surface area contributed by atoms with E-state index in [1.807, 2.05) is 30.3 Å². The molecular formula is C20H16N4O3. The summed E-state index contributed by atoms with van der Waals surface area (Å²) in [6.07, 6.45) is 1.58. The van der Waals surface area contributed by atoms with E-state index in [-0.39, 0.29) is 6.54 Å². The Morgan fingerprint density at radius 2 is 1.52 bits per heavy atom. The topological polar surface area (TPSA) is 84.3 Å². The van der Waals surface area contributed by atoms with E-state index in [4.69, 9.17) is 0 Å². The van der Waals surface area contributed by atoms with Gasteiger partial charge in [-0.3, -0.25) is 19.3 Å². The molecule has 0 spiro atoms. The third-order valence-electron chi connectivity index (χ3n) is 4.34. The van der Waals surface area contributed by atoms with Crippen LogP contribution in [0.5, 0.6) is 0 Å². The zero-order chi connectivity index (χ0) is 18.8. The molecule has 3 amide bonds. The molecule has 0 radical (unpaired) electrons. The number of rotatable bonds is 5. The third-order valence-corrected chi connectivity index (χ3v) is 4.34. The normalized spacial score (nSPS) is 13.0. The van der Waals surface area contributed by atoms with Crippen LogP contribution in [0.25, 0.3) is 0 Å². The Bertz CT molecular complexity index is 991. The van der Waals surface area contributed by atoms with Crippen molar-refractivity contribution < 1.29 is 14.4 Å². The van der Waals surface area contributed by atoms with Gasteiger partial charge in [0, 0.05) is 6.07 Å². The lowest BCUT2D eigenvalue weighted by Gasteiger charge is -2.14. The van der Waals surface area contributed by atoms with Crippen molar-refractivity contribution in [1.82, 2.24) is 14.7 Å². The summed E-state index contributed by atoms with van der Waals surface area (Å²) in [6, 6.07) is 17.9. The van der Waals surface area contributed by atoms with Crippen molar-refractivity contribution in [3.8, 4) is 0 Å². The Hall–Kier alpha value is -3.74. The van der Waals surface area contributed by atoms with Crippen LogP contribution in [0.15, 0.2) is 66.9 Å². The first kappa shape index (κ1) is 16.7. The van der Waals surface area contributed by atoms with Gasteiger partial charge in [-0.05, 0) is 17.7 Å². The Morgan fingerprint density at radius 3 is 2.19 bits per heavy atom. The molecule has 27 heavy (non-hydrogen) atoms. The molecule has 1 N–H and O–H groups in total. The van der Waals surface area contributed by atoms with Crippen LogP contribution in [0, 0.1) is 0 Å². The standard InChI is InChI=1S/C20H16N4O3/c25-18(13-23-19(26)15-8-4-5-9-16(15)20(23)27)22-17-10-11-21-24(17)12-14-6-2-1-3-7-14/h1-11H,12-13H2,(H,22,25). The SMILES string of the molecule is O=C(CN1C(=O)c2ccccc2C1=O)Nc1ccnn1Cc1ccccc1. The molecule has 0 saturated carbocycles. The van der Waals surface area contributed by atoms with Crippen molar-refractivity contribution in [1.29, 1.82) is 0 Å². The van der Waals surface area contributed by atoms with Crippen LogP contribution in [0.2, 0.25) is 0 Å². The molecule has 7 heteroatoms. The van der Waals surface area contributed by atoms with Crippen LogP contribution in [-0.2, 0) is 11.3 Å². The van der Waals surface area contributed by atoms with Crippen molar-refractivity contribution in [2.45, 2.75) is 6.54 Å². The first-order valence-electron chi connectivity index (χ1n) is 8.44. The Balaban J connectivity index is 1.45. The quantitative estimate of drug-likeness (QED) is 0.707. The Morgan fingerprint density at radius 1 is 0.889 bits per heavy atom. The number of nitrogens with zero attached hydrogens (tertiary/aromatic N) is 3. The number of amides is 3. The number of nitrogens with one attached hydrogen (secondary N) is 1. The molecule has 4 rings (SSSR count). The van der Waals surface area contributed by atoms with E-state index in [1.54, 1.807) is 41.2 Å². The van der Waals surface area contributed by atoms with Gasteiger partial charge in [-0.25, -0.2) is 4.68 Å². The fourth-order valence-electron chi connectivity index (χ4n) is 3.03. The van der Waals surface area contributed by atoms with E-state index in [0.29, 0.717) is 23.5 Å². The van der Waals surface area contributed by atoms with Gasteiger partial charge in [-0.15, -0.1) is 0 Å². The fourth-order valence-corrected chi connectivity index (χ4v) is 3.03. The first-order chi connectivity index (χ1) is 13.1. The maximum absolute atomic E-state index is 12.4. The number of hydrogen-bond acceptors (Lipinski definition) is 4. The van der Waals surface area contributed by atoms with Gasteiger partial charge in [0.25, 0.3) is 11.8 Å². The molecule has 1 aliphatic heterocycles. The predicted octanol–water partition coefficient (Wildman–Crippen LogP) is 2.17. The average Bonchev–Trinajstić information content (AvgIpc) is 3.21. The molecule has 0 saturated heterocycles. The number of fused-ring (bicyclic) bond motifs is 1. The largest absolute Gasteiger partial charge is 0.309 e. The van der Waals surface area contributed by atoms with Crippen molar-refractivity contribution in [2.75, 3.05) is 11.9 Å². The summed E-state index contributed by atoms with van der Waals surface area (Å²) >= 11 is 0. The number of aromatic nitrogens is 2. The van der Waals surface area contributed by atoms with Gasteiger partial charge in [-0.2, -0.15) is 5.10 Å². The van der Waals surface area contributed by atoms with Gasteiger partial charge in [0.05, 0.1) is 23.9 Å². The molecule has 0 unspecified atom stereocenters. The van der Waals surface area contributed by atoms with E-state index in [0.717, 1.165) is 10.5 Å². The molecule has 7 nitrogen and oxygen atoms in total. The number of carbonyl (C=O) groups excluding carboxylic acids is 3. The van der Waals surface area contributed by atoms with E-state index in [1.165, 1.54) is 0 Å². The zero-order valence-electron chi connectivity index (χ0n) is 14.3. The van der Waals surface area contributed by atoms with Gasteiger partial charge >= 0.3 is 0 Å². The van der Waals surface area contributed by atoms with Crippen LogP contribution < -0.4 is 5.32 Å². The molecule has 134 valence electrons. The maximum atomic E-state index is 12.4. The molecule has 1 aromatic heterocycles. The van der Waals surface area contributed by atoms with E-state index >= 15 is 0 Å². The monoisotopic (exact) mass is 360 g/mol. The lowest BCUT2D eigenvalue weighted by molar-refractivity contribution is -0.116. The highest BCUT2D eigenvalue weighted by atomic mass is 16.2. The van der Waals surface area contributed by atoms with Crippen LogP contribution >= 0.6 is 0 Å². The number of anilines is 1. The second-order valence-electron chi connectivity index (χ2n) is 6.15. The minimum Gasteiger partial charge on any atom is -0.309 e. The molecule has 1 aliphatic rings. The summed E-state index contributed by atoms with van der Waals surface area (Å²) in [7, 11) is 0. The third kappa shape index (κ3) is 3.22. The van der Waals surface area contributed by atoms with Crippen LogP contribution in [0.1, 0.15) is 26.3 Å². The fraction of sp³-hybridized carbons (Fsp3) is 0.100. The minimum atomic E-state index is -0.459. The van der Waals surface area contributed by atoms with E-state index < -0.39 is 17.7 Å². The van der Waals surface area contributed by atoms with Crippen LogP contribution in [0.4, 0.5) is 5.82 Å². The molecule has 0 atom stereocenters. The van der Waals surface area contributed by atoms with E-state index in [2.05, 4.69) is 10.4 Å². The van der Waals surface area contributed by atoms with Crippen molar-refractivity contribution in [3.05, 3.63) is 83.6 Å². The highest BCUT2D eigenvalue weighted by Gasteiger charge is 2.36. The molecule has 3 aromatic rings. The lowest BCUT2D eigenvalue weighted by atomic mass is 10.1. The van der Waals surface area contributed by atoms with Gasteiger partial charge in [0.15, 0.2) is 0 Å². The van der Waals surface area contributed by atoms with Crippen molar-refractivity contribution in [2.24, 2.45) is 0 Å². The minimum absolute atomic E-state index is 0.324. The number of imide groups is 1. The zero-order valence-corrected chi connectivity index (χ0v) is 14.3. The highest BCUT2D eigenvalue weighted by Crippen LogP contribution is 2.22. The van der Waals surface area contributed by atoms with E-state index in [9.17, 15) is 14.4 Å². The molecule has 2 heterocycles. The predicted molar refractivity (Wildman–Crippen MR) is 98.2 cm³/mol. The maximum Gasteiger partial charge on any atom is 0.262 e. The summed E-state index contributed by atoms with van der Waals surface area (Å²) in [4.78, 5) is 38.1. The van der Waals surface area contributed by atoms with Gasteiger partial charge in [0.1, 0.15) is 12.4 Å². The average molecular weight is 360 g/mol. The van der Waals surface area contributed by atoms with Gasteiger partial charge in [-0.1, -0.05) is 42.5 Å². The second kappa shape index (κ2) is 6.87. The Labute approximate surface area is 155 Å². The summed E-state index contributed by atoms with van der Waals surface area (Å²) in [6.45, 7) is 0.152. The number of carbonyl (C=O) groups is 3. The summed E-state index contributed by atoms with van der Waals surface area (Å²) in [5.41, 5.74) is 1.69. The molecule has 2 aromatic carbocycles.